The number of oxazole rings is 1. The van der Waals surface area contributed by atoms with Crippen molar-refractivity contribution in [1.29, 1.82) is 0 Å². The lowest BCUT2D eigenvalue weighted by atomic mass is 9.95. The Morgan fingerprint density at radius 2 is 2.19 bits per heavy atom. The topological polar surface area (TPSA) is 75.4 Å². The molecule has 1 unspecified atom stereocenters. The van der Waals surface area contributed by atoms with Gasteiger partial charge in [0.15, 0.2) is 12.1 Å². The summed E-state index contributed by atoms with van der Waals surface area (Å²) in [4.78, 5) is 15.6. The summed E-state index contributed by atoms with van der Waals surface area (Å²) < 4.78 is 31.4. The number of benzene rings is 1. The van der Waals surface area contributed by atoms with E-state index in [-0.39, 0.29) is 17.8 Å². The predicted molar refractivity (Wildman–Crippen MR) is 69.5 cm³/mol. The van der Waals surface area contributed by atoms with Crippen LogP contribution in [0.1, 0.15) is 28.7 Å². The molecule has 112 valence electrons. The van der Waals surface area contributed by atoms with E-state index in [0.717, 1.165) is 18.5 Å². The zero-order chi connectivity index (χ0) is 15.6. The number of halogens is 2. The molecule has 2 N–H and O–H groups in total. The first-order valence-electron chi connectivity index (χ1n) is 6.17. The van der Waals surface area contributed by atoms with Crippen molar-refractivity contribution in [3.63, 3.8) is 0 Å². The highest BCUT2D eigenvalue weighted by atomic mass is 19.1. The van der Waals surface area contributed by atoms with Gasteiger partial charge in [0.2, 0.25) is 0 Å². The average molecular weight is 296 g/mol. The number of aromatic nitrogens is 1. The van der Waals surface area contributed by atoms with E-state index in [2.05, 4.69) is 10.3 Å². The normalized spacial score (nSPS) is 13.8. The van der Waals surface area contributed by atoms with Crippen molar-refractivity contribution in [3.8, 4) is 0 Å². The maximum absolute atomic E-state index is 13.7. The lowest BCUT2D eigenvalue weighted by molar-refractivity contribution is 0.0493. The monoisotopic (exact) mass is 296 g/mol. The molecule has 5 nitrogen and oxygen atoms in total. The van der Waals surface area contributed by atoms with E-state index >= 15 is 0 Å². The Kier molecular flexibility index (Phi) is 4.04. The van der Waals surface area contributed by atoms with Gasteiger partial charge in [-0.2, -0.15) is 0 Å². The number of aliphatic hydroxyl groups is 1. The van der Waals surface area contributed by atoms with Crippen LogP contribution in [-0.4, -0.2) is 22.5 Å². The Morgan fingerprint density at radius 3 is 2.76 bits per heavy atom. The number of rotatable bonds is 4. The minimum absolute atomic E-state index is 0.0883. The molecular weight excluding hydrogens is 282 g/mol. The second-order valence-corrected chi connectivity index (χ2v) is 4.84. The van der Waals surface area contributed by atoms with Gasteiger partial charge in [0, 0.05) is 11.6 Å². The summed E-state index contributed by atoms with van der Waals surface area (Å²) >= 11 is 0. The second-order valence-electron chi connectivity index (χ2n) is 4.84. The molecule has 2 aromatic rings. The van der Waals surface area contributed by atoms with Crippen LogP contribution in [0.5, 0.6) is 0 Å². The van der Waals surface area contributed by atoms with Crippen LogP contribution in [0.3, 0.4) is 0 Å². The number of nitrogens with one attached hydrogen (secondary N) is 1. The Bertz CT molecular complexity index is 668. The van der Waals surface area contributed by atoms with Gasteiger partial charge in [0.05, 0.1) is 6.54 Å². The van der Waals surface area contributed by atoms with Crippen molar-refractivity contribution in [2.45, 2.75) is 19.4 Å². The zero-order valence-electron chi connectivity index (χ0n) is 11.5. The van der Waals surface area contributed by atoms with Gasteiger partial charge in [-0.15, -0.1) is 0 Å². The summed E-state index contributed by atoms with van der Waals surface area (Å²) in [6.07, 6.45) is 1.13. The lowest BCUT2D eigenvalue weighted by Crippen LogP contribution is -2.39. The molecule has 0 saturated carbocycles. The number of carbonyl (C=O) groups excluding carboxylic acids is 1. The van der Waals surface area contributed by atoms with Crippen LogP contribution in [-0.2, 0) is 5.60 Å². The summed E-state index contributed by atoms with van der Waals surface area (Å²) in [6.45, 7) is 2.62. The summed E-state index contributed by atoms with van der Waals surface area (Å²) in [6, 6.07) is 2.85. The highest BCUT2D eigenvalue weighted by molar-refractivity contribution is 5.93. The van der Waals surface area contributed by atoms with Crippen LogP contribution in [0.4, 0.5) is 8.78 Å². The van der Waals surface area contributed by atoms with Gasteiger partial charge in [-0.1, -0.05) is 6.07 Å². The first kappa shape index (κ1) is 15.1. The standard InChI is InChI=1S/C14H14F2N2O3/c1-8-12(18-7-21-8)13(19)17-6-14(2,20)10-4-3-9(15)5-11(10)16/h3-5,7,20H,6H2,1-2H3,(H,17,19). The van der Waals surface area contributed by atoms with Crippen LogP contribution in [0.25, 0.3) is 0 Å². The van der Waals surface area contributed by atoms with Crippen LogP contribution in [0.15, 0.2) is 29.0 Å². The average Bonchev–Trinajstić information content (AvgIpc) is 2.82. The number of hydrogen-bond acceptors (Lipinski definition) is 4. The maximum Gasteiger partial charge on any atom is 0.273 e. The van der Waals surface area contributed by atoms with Gasteiger partial charge < -0.3 is 14.8 Å². The molecule has 0 fully saturated rings. The summed E-state index contributed by atoms with van der Waals surface area (Å²) in [5.41, 5.74) is -1.71. The molecule has 2 rings (SSSR count). The van der Waals surface area contributed by atoms with E-state index < -0.39 is 23.1 Å². The number of nitrogens with zero attached hydrogens (tertiary/aromatic N) is 1. The summed E-state index contributed by atoms with van der Waals surface area (Å²) in [7, 11) is 0. The highest BCUT2D eigenvalue weighted by Crippen LogP contribution is 2.23. The number of hydrogen-bond donors (Lipinski definition) is 2. The van der Waals surface area contributed by atoms with Crippen LogP contribution < -0.4 is 5.32 Å². The van der Waals surface area contributed by atoms with Gasteiger partial charge >= 0.3 is 0 Å². The summed E-state index contributed by atoms with van der Waals surface area (Å²) in [5, 5.41) is 12.7. The molecule has 21 heavy (non-hydrogen) atoms. The van der Waals surface area contributed by atoms with Crippen molar-refractivity contribution < 1.29 is 23.1 Å². The van der Waals surface area contributed by atoms with Crippen molar-refractivity contribution in [2.24, 2.45) is 0 Å². The van der Waals surface area contributed by atoms with Crippen molar-refractivity contribution in [3.05, 3.63) is 53.2 Å². The van der Waals surface area contributed by atoms with Crippen molar-refractivity contribution in [1.82, 2.24) is 10.3 Å². The number of amides is 1. The van der Waals surface area contributed by atoms with Gasteiger partial charge in [0.25, 0.3) is 5.91 Å². The predicted octanol–water partition coefficient (Wildman–Crippen LogP) is 1.90. The van der Waals surface area contributed by atoms with E-state index in [1.807, 2.05) is 0 Å². The van der Waals surface area contributed by atoms with E-state index in [1.165, 1.54) is 6.92 Å². The fraction of sp³-hybridized carbons (Fsp3) is 0.286. The van der Waals surface area contributed by atoms with Gasteiger partial charge in [-0.3, -0.25) is 4.79 Å². The zero-order valence-corrected chi connectivity index (χ0v) is 11.5. The largest absolute Gasteiger partial charge is 0.448 e. The molecule has 1 atom stereocenters. The Morgan fingerprint density at radius 1 is 1.48 bits per heavy atom. The van der Waals surface area contributed by atoms with Crippen LogP contribution in [0.2, 0.25) is 0 Å². The smallest absolute Gasteiger partial charge is 0.273 e. The molecule has 0 saturated heterocycles. The van der Waals surface area contributed by atoms with Crippen LogP contribution >= 0.6 is 0 Å². The van der Waals surface area contributed by atoms with E-state index in [1.54, 1.807) is 6.92 Å². The van der Waals surface area contributed by atoms with E-state index in [4.69, 9.17) is 4.42 Å². The molecule has 0 aliphatic carbocycles. The first-order valence-corrected chi connectivity index (χ1v) is 6.17. The molecule has 0 radical (unpaired) electrons. The minimum Gasteiger partial charge on any atom is -0.448 e. The van der Waals surface area contributed by atoms with Gasteiger partial charge in [-0.05, 0) is 19.9 Å². The molecule has 0 aliphatic heterocycles. The third-order valence-corrected chi connectivity index (χ3v) is 3.06. The SMILES string of the molecule is Cc1ocnc1C(=O)NCC(C)(O)c1ccc(F)cc1F. The quantitative estimate of drug-likeness (QED) is 0.903. The van der Waals surface area contributed by atoms with Gasteiger partial charge in [0.1, 0.15) is 23.0 Å². The Hall–Kier alpha value is -2.28. The molecular formula is C14H14F2N2O3. The van der Waals surface area contributed by atoms with E-state index in [0.29, 0.717) is 11.8 Å². The molecule has 0 bridgehead atoms. The summed E-state index contributed by atoms with van der Waals surface area (Å²) in [5.74, 6) is -1.84. The number of carbonyl (C=O) groups is 1. The Balaban J connectivity index is 2.11. The fourth-order valence-corrected chi connectivity index (χ4v) is 1.88. The molecule has 0 spiro atoms. The molecule has 1 heterocycles. The highest BCUT2D eigenvalue weighted by Gasteiger charge is 2.28. The lowest BCUT2D eigenvalue weighted by Gasteiger charge is -2.24. The van der Waals surface area contributed by atoms with E-state index in [9.17, 15) is 18.7 Å². The van der Waals surface area contributed by atoms with Crippen LogP contribution in [0, 0.1) is 18.6 Å². The van der Waals surface area contributed by atoms with Crippen molar-refractivity contribution in [2.75, 3.05) is 6.54 Å². The maximum atomic E-state index is 13.7. The minimum atomic E-state index is -1.69. The van der Waals surface area contributed by atoms with Crippen molar-refractivity contribution >= 4 is 5.91 Å². The second kappa shape index (κ2) is 5.61. The molecule has 1 aromatic carbocycles. The fourth-order valence-electron chi connectivity index (χ4n) is 1.88. The first-order chi connectivity index (χ1) is 9.81. The number of aryl methyl sites for hydroxylation is 1. The molecule has 0 aliphatic rings. The third kappa shape index (κ3) is 3.25. The molecule has 1 aromatic heterocycles. The third-order valence-electron chi connectivity index (χ3n) is 3.06. The van der Waals surface area contributed by atoms with Gasteiger partial charge in [-0.25, -0.2) is 13.8 Å². The Labute approximate surface area is 119 Å². The molecule has 7 heteroatoms. The molecule has 1 amide bonds.